The lowest BCUT2D eigenvalue weighted by molar-refractivity contribution is -0.121. The molecule has 1 amide bonds. The van der Waals surface area contributed by atoms with Crippen LogP contribution in [0.2, 0.25) is 0 Å². The van der Waals surface area contributed by atoms with Crippen LogP contribution in [-0.2, 0) is 11.3 Å². The number of carbonyl (C=O) groups is 1. The third kappa shape index (κ3) is 3.69. The summed E-state index contributed by atoms with van der Waals surface area (Å²) < 4.78 is 1.87. The number of hydrogen-bond donors (Lipinski definition) is 1. The van der Waals surface area contributed by atoms with Gasteiger partial charge < -0.3 is 5.32 Å². The number of aromatic nitrogens is 4. The Morgan fingerprint density at radius 2 is 2.50 bits per heavy atom. The van der Waals surface area contributed by atoms with Gasteiger partial charge in [-0.15, -0.1) is 11.3 Å². The van der Waals surface area contributed by atoms with E-state index >= 15 is 0 Å². The minimum absolute atomic E-state index is 0.0105. The number of rotatable bonds is 5. The van der Waals surface area contributed by atoms with Gasteiger partial charge in [0.1, 0.15) is 12.7 Å². The fraction of sp³-hybridized carbons (Fsp3) is 0.571. The van der Waals surface area contributed by atoms with E-state index in [4.69, 9.17) is 0 Å². The van der Waals surface area contributed by atoms with E-state index in [-0.39, 0.29) is 11.9 Å². The first-order valence-electron chi connectivity index (χ1n) is 7.49. The van der Waals surface area contributed by atoms with Crippen molar-refractivity contribution in [3.63, 3.8) is 0 Å². The van der Waals surface area contributed by atoms with Crippen molar-refractivity contribution in [1.29, 1.82) is 0 Å². The van der Waals surface area contributed by atoms with E-state index < -0.39 is 0 Å². The summed E-state index contributed by atoms with van der Waals surface area (Å²) in [6, 6.07) is -0.151. The second-order valence-electron chi connectivity index (χ2n) is 5.62. The summed E-state index contributed by atoms with van der Waals surface area (Å²) in [6.07, 6.45) is 7.27. The fourth-order valence-electron chi connectivity index (χ4n) is 2.85. The Hall–Kier alpha value is -1.80. The van der Waals surface area contributed by atoms with Crippen LogP contribution in [0.25, 0.3) is 0 Å². The van der Waals surface area contributed by atoms with Crippen molar-refractivity contribution in [3.8, 4) is 0 Å². The van der Waals surface area contributed by atoms with Crippen LogP contribution < -0.4 is 5.32 Å². The summed E-state index contributed by atoms with van der Waals surface area (Å²) in [5, 5.41) is 9.56. The van der Waals surface area contributed by atoms with Crippen molar-refractivity contribution in [2.75, 3.05) is 18.4 Å². The zero-order valence-corrected chi connectivity index (χ0v) is 13.4. The Morgan fingerprint density at radius 3 is 3.23 bits per heavy atom. The molecule has 3 heterocycles. The zero-order valence-electron chi connectivity index (χ0n) is 12.6. The first-order valence-corrected chi connectivity index (χ1v) is 8.37. The minimum Gasteiger partial charge on any atom is -0.301 e. The van der Waals surface area contributed by atoms with Crippen LogP contribution in [-0.4, -0.2) is 49.7 Å². The Kier molecular flexibility index (Phi) is 4.79. The molecule has 0 radical (unpaired) electrons. The Morgan fingerprint density at radius 1 is 1.59 bits per heavy atom. The molecule has 0 unspecified atom stereocenters. The smallest absolute Gasteiger partial charge is 0.243 e. The maximum absolute atomic E-state index is 12.3. The number of likely N-dealkylation sites (tertiary alicyclic amines) is 1. The summed E-state index contributed by atoms with van der Waals surface area (Å²) in [5.74, 6) is 0.516. The maximum atomic E-state index is 12.3. The highest BCUT2D eigenvalue weighted by Gasteiger charge is 2.28. The average Bonchev–Trinajstić information content (AvgIpc) is 3.20. The van der Waals surface area contributed by atoms with Crippen molar-refractivity contribution in [3.05, 3.63) is 24.2 Å². The number of anilines is 1. The standard InChI is InChI=1S/C14H20N6OS/c1-11(13(21)18-14-16-4-6-22-14)19-5-2-3-12(7-19)8-20-10-15-9-17-20/h4,6,9-12H,2-3,5,7-8H2,1H3,(H,16,18,21)/t11-,12+/m1/s1. The molecule has 1 saturated heterocycles. The van der Waals surface area contributed by atoms with Crippen LogP contribution in [0, 0.1) is 5.92 Å². The van der Waals surface area contributed by atoms with Crippen LogP contribution in [0.5, 0.6) is 0 Å². The van der Waals surface area contributed by atoms with Gasteiger partial charge in [0.15, 0.2) is 5.13 Å². The molecule has 1 aliphatic heterocycles. The van der Waals surface area contributed by atoms with E-state index in [0.717, 1.165) is 32.5 Å². The monoisotopic (exact) mass is 320 g/mol. The molecule has 2 aromatic rings. The molecule has 22 heavy (non-hydrogen) atoms. The molecule has 1 fully saturated rings. The molecule has 0 saturated carbocycles. The van der Waals surface area contributed by atoms with Gasteiger partial charge in [-0.05, 0) is 32.2 Å². The summed E-state index contributed by atoms with van der Waals surface area (Å²) in [5.41, 5.74) is 0. The molecule has 2 atom stereocenters. The number of amides is 1. The fourth-order valence-corrected chi connectivity index (χ4v) is 3.38. The molecule has 1 N–H and O–H groups in total. The third-order valence-corrected chi connectivity index (χ3v) is 4.74. The molecule has 0 spiro atoms. The molecule has 0 aromatic carbocycles. The minimum atomic E-state index is -0.151. The summed E-state index contributed by atoms with van der Waals surface area (Å²) in [6.45, 7) is 4.69. The van der Waals surface area contributed by atoms with E-state index in [1.165, 1.54) is 11.3 Å². The highest BCUT2D eigenvalue weighted by molar-refractivity contribution is 7.13. The molecular weight excluding hydrogens is 300 g/mol. The third-order valence-electron chi connectivity index (χ3n) is 4.05. The summed E-state index contributed by atoms with van der Waals surface area (Å²) in [7, 11) is 0. The van der Waals surface area contributed by atoms with Crippen LogP contribution in [0.4, 0.5) is 5.13 Å². The van der Waals surface area contributed by atoms with Gasteiger partial charge in [0.2, 0.25) is 5.91 Å². The number of hydrogen-bond acceptors (Lipinski definition) is 6. The van der Waals surface area contributed by atoms with Crippen molar-refractivity contribution in [2.24, 2.45) is 5.92 Å². The maximum Gasteiger partial charge on any atom is 0.243 e. The van der Waals surface area contributed by atoms with E-state index in [1.807, 2.05) is 17.0 Å². The van der Waals surface area contributed by atoms with Gasteiger partial charge in [-0.25, -0.2) is 9.97 Å². The highest BCUT2D eigenvalue weighted by Crippen LogP contribution is 2.21. The first-order chi connectivity index (χ1) is 10.7. The van der Waals surface area contributed by atoms with Gasteiger partial charge >= 0.3 is 0 Å². The molecule has 8 heteroatoms. The lowest BCUT2D eigenvalue weighted by Crippen LogP contribution is -2.47. The van der Waals surface area contributed by atoms with Crippen molar-refractivity contribution < 1.29 is 4.79 Å². The Balaban J connectivity index is 1.55. The second-order valence-corrected chi connectivity index (χ2v) is 6.52. The number of nitrogens with zero attached hydrogens (tertiary/aromatic N) is 5. The SMILES string of the molecule is C[C@H](C(=O)Nc1nccs1)N1CCC[C@H](Cn2cncn2)C1. The molecule has 1 aliphatic rings. The van der Waals surface area contributed by atoms with Crippen molar-refractivity contribution >= 4 is 22.4 Å². The van der Waals surface area contributed by atoms with E-state index in [9.17, 15) is 4.79 Å². The molecule has 2 aromatic heterocycles. The molecule has 7 nitrogen and oxygen atoms in total. The number of nitrogens with one attached hydrogen (secondary N) is 1. The number of carbonyl (C=O) groups excluding carboxylic acids is 1. The molecule has 118 valence electrons. The molecule has 0 aliphatic carbocycles. The molecule has 3 rings (SSSR count). The van der Waals surface area contributed by atoms with Gasteiger partial charge in [-0.1, -0.05) is 0 Å². The van der Waals surface area contributed by atoms with Gasteiger partial charge in [0.25, 0.3) is 0 Å². The predicted octanol–water partition coefficient (Wildman–Crippen LogP) is 1.47. The van der Waals surface area contributed by atoms with E-state index in [1.54, 1.807) is 18.9 Å². The largest absolute Gasteiger partial charge is 0.301 e. The number of piperidine rings is 1. The summed E-state index contributed by atoms with van der Waals surface area (Å²) in [4.78, 5) is 22.6. The normalized spacial score (nSPS) is 20.7. The van der Waals surface area contributed by atoms with Gasteiger partial charge in [-0.2, -0.15) is 5.10 Å². The Labute approximate surface area is 133 Å². The lowest BCUT2D eigenvalue weighted by Gasteiger charge is -2.35. The van der Waals surface area contributed by atoms with Gasteiger partial charge in [0, 0.05) is 24.7 Å². The first kappa shape index (κ1) is 15.1. The van der Waals surface area contributed by atoms with Gasteiger partial charge in [0.05, 0.1) is 6.04 Å². The van der Waals surface area contributed by atoms with Gasteiger partial charge in [-0.3, -0.25) is 14.4 Å². The Bertz CT molecular complexity index is 585. The summed E-state index contributed by atoms with van der Waals surface area (Å²) >= 11 is 1.44. The second kappa shape index (κ2) is 6.97. The van der Waals surface area contributed by atoms with E-state index in [2.05, 4.69) is 25.3 Å². The number of thiazole rings is 1. The lowest BCUT2D eigenvalue weighted by atomic mass is 9.96. The van der Waals surface area contributed by atoms with Crippen molar-refractivity contribution in [2.45, 2.75) is 32.4 Å². The zero-order chi connectivity index (χ0) is 15.4. The van der Waals surface area contributed by atoms with Crippen LogP contribution >= 0.6 is 11.3 Å². The van der Waals surface area contributed by atoms with E-state index in [0.29, 0.717) is 11.0 Å². The molecule has 0 bridgehead atoms. The van der Waals surface area contributed by atoms with Crippen molar-refractivity contribution in [1.82, 2.24) is 24.6 Å². The van der Waals surface area contributed by atoms with Crippen LogP contribution in [0.3, 0.4) is 0 Å². The van der Waals surface area contributed by atoms with Crippen LogP contribution in [0.1, 0.15) is 19.8 Å². The topological polar surface area (TPSA) is 75.9 Å². The van der Waals surface area contributed by atoms with Crippen LogP contribution in [0.15, 0.2) is 24.2 Å². The predicted molar refractivity (Wildman–Crippen MR) is 84.5 cm³/mol. The highest BCUT2D eigenvalue weighted by atomic mass is 32.1. The quantitative estimate of drug-likeness (QED) is 0.903. The molecular formula is C14H20N6OS. The average molecular weight is 320 g/mol.